The summed E-state index contributed by atoms with van der Waals surface area (Å²) in [5.74, 6) is -0.0132. The van der Waals surface area contributed by atoms with Crippen molar-refractivity contribution in [3.63, 3.8) is 0 Å². The van der Waals surface area contributed by atoms with Gasteiger partial charge in [0.1, 0.15) is 6.04 Å². The van der Waals surface area contributed by atoms with Crippen LogP contribution in [0.3, 0.4) is 0 Å². The van der Waals surface area contributed by atoms with Gasteiger partial charge in [-0.2, -0.15) is 0 Å². The lowest BCUT2D eigenvalue weighted by Gasteiger charge is -2.43. The molecular formula is C12H18N2O2S. The normalized spacial score (nSPS) is 21.2. The van der Waals surface area contributed by atoms with Crippen molar-refractivity contribution in [1.29, 1.82) is 0 Å². The summed E-state index contributed by atoms with van der Waals surface area (Å²) in [5.41, 5.74) is 5.74. The molecule has 2 N–H and O–H groups in total. The fourth-order valence-corrected chi connectivity index (χ4v) is 2.74. The minimum atomic E-state index is -0.549. The quantitative estimate of drug-likeness (QED) is 0.867. The molecule has 2 rings (SSSR count). The summed E-state index contributed by atoms with van der Waals surface area (Å²) in [5, 5.41) is 1.94. The van der Waals surface area contributed by atoms with E-state index in [1.807, 2.05) is 36.3 Å². The van der Waals surface area contributed by atoms with Gasteiger partial charge in [0.25, 0.3) is 0 Å². The number of amides is 1. The highest BCUT2D eigenvalue weighted by atomic mass is 32.1. The van der Waals surface area contributed by atoms with Crippen molar-refractivity contribution in [2.75, 3.05) is 19.8 Å². The van der Waals surface area contributed by atoms with E-state index in [0.29, 0.717) is 19.8 Å². The topological polar surface area (TPSA) is 55.6 Å². The van der Waals surface area contributed by atoms with Crippen molar-refractivity contribution >= 4 is 17.2 Å². The predicted molar refractivity (Wildman–Crippen MR) is 67.9 cm³/mol. The lowest BCUT2D eigenvalue weighted by atomic mass is 10.0. The summed E-state index contributed by atoms with van der Waals surface area (Å²) in [6, 6.07) is 3.27. The molecule has 0 bridgehead atoms. The lowest BCUT2D eigenvalue weighted by molar-refractivity contribution is -0.147. The Morgan fingerprint density at radius 2 is 2.41 bits per heavy atom. The first-order valence-corrected chi connectivity index (χ1v) is 6.58. The summed E-state index contributed by atoms with van der Waals surface area (Å²) in [6.45, 7) is 5.78. The van der Waals surface area contributed by atoms with E-state index in [9.17, 15) is 4.79 Å². The Labute approximate surface area is 105 Å². The molecule has 0 spiro atoms. The minimum Gasteiger partial charge on any atom is -0.377 e. The molecule has 1 saturated heterocycles. The minimum absolute atomic E-state index is 0.0132. The molecule has 2 heterocycles. The fraction of sp³-hybridized carbons (Fsp3) is 0.583. The smallest absolute Gasteiger partial charge is 0.245 e. The number of hydrogen-bond donors (Lipinski definition) is 1. The van der Waals surface area contributed by atoms with Crippen LogP contribution in [-0.2, 0) is 9.53 Å². The largest absolute Gasteiger partial charge is 0.377 e. The van der Waals surface area contributed by atoms with Crippen LogP contribution in [0, 0.1) is 0 Å². The second-order valence-corrected chi connectivity index (χ2v) is 5.83. The second-order valence-electron chi connectivity index (χ2n) is 4.85. The molecule has 5 heteroatoms. The van der Waals surface area contributed by atoms with Crippen molar-refractivity contribution in [3.8, 4) is 0 Å². The molecule has 1 amide bonds. The van der Waals surface area contributed by atoms with Crippen LogP contribution in [0.5, 0.6) is 0 Å². The Morgan fingerprint density at radius 1 is 1.65 bits per heavy atom. The van der Waals surface area contributed by atoms with Gasteiger partial charge in [-0.1, -0.05) is 6.07 Å². The highest BCUT2D eigenvalue weighted by molar-refractivity contribution is 7.10. The van der Waals surface area contributed by atoms with Crippen LogP contribution >= 0.6 is 11.3 Å². The third-order valence-corrected chi connectivity index (χ3v) is 3.98. The number of carbonyl (C=O) groups excluding carboxylic acids is 1. The molecule has 1 aliphatic rings. The van der Waals surface area contributed by atoms with Crippen molar-refractivity contribution < 1.29 is 9.53 Å². The number of thiophene rings is 1. The first kappa shape index (κ1) is 12.5. The molecular weight excluding hydrogens is 236 g/mol. The van der Waals surface area contributed by atoms with Gasteiger partial charge in [-0.15, -0.1) is 11.3 Å². The van der Waals surface area contributed by atoms with E-state index in [2.05, 4.69) is 0 Å². The molecule has 1 atom stereocenters. The third-order valence-electron chi connectivity index (χ3n) is 3.03. The van der Waals surface area contributed by atoms with Gasteiger partial charge in [0.15, 0.2) is 0 Å². The van der Waals surface area contributed by atoms with Crippen LogP contribution in [0.15, 0.2) is 17.5 Å². The van der Waals surface area contributed by atoms with Crippen molar-refractivity contribution in [1.82, 2.24) is 4.90 Å². The zero-order valence-electron chi connectivity index (χ0n) is 10.2. The number of rotatable bonds is 2. The number of nitrogens with two attached hydrogens (primary N) is 1. The zero-order chi connectivity index (χ0) is 12.5. The van der Waals surface area contributed by atoms with E-state index in [0.717, 1.165) is 4.88 Å². The highest BCUT2D eigenvalue weighted by Gasteiger charge is 2.36. The summed E-state index contributed by atoms with van der Waals surface area (Å²) < 4.78 is 5.40. The Kier molecular flexibility index (Phi) is 3.51. The fourth-order valence-electron chi connectivity index (χ4n) is 2.02. The number of carbonyl (C=O) groups is 1. The molecule has 1 unspecified atom stereocenters. The second kappa shape index (κ2) is 4.76. The number of ether oxygens (including phenoxy) is 1. The van der Waals surface area contributed by atoms with Crippen LogP contribution in [0.1, 0.15) is 24.8 Å². The molecule has 4 nitrogen and oxygen atoms in total. The van der Waals surface area contributed by atoms with Crippen LogP contribution in [0.25, 0.3) is 0 Å². The maximum atomic E-state index is 12.4. The van der Waals surface area contributed by atoms with Gasteiger partial charge in [0, 0.05) is 11.4 Å². The Balaban J connectivity index is 2.14. The van der Waals surface area contributed by atoms with Crippen molar-refractivity contribution in [2.24, 2.45) is 5.73 Å². The summed E-state index contributed by atoms with van der Waals surface area (Å²) in [4.78, 5) is 15.1. The summed E-state index contributed by atoms with van der Waals surface area (Å²) >= 11 is 1.52. The lowest BCUT2D eigenvalue weighted by Crippen LogP contribution is -2.57. The summed E-state index contributed by atoms with van der Waals surface area (Å²) in [6.07, 6.45) is 0. The molecule has 0 aromatic carbocycles. The Hall–Kier alpha value is -0.910. The van der Waals surface area contributed by atoms with E-state index in [1.165, 1.54) is 11.3 Å². The Morgan fingerprint density at radius 3 is 3.00 bits per heavy atom. The van der Waals surface area contributed by atoms with E-state index >= 15 is 0 Å². The van der Waals surface area contributed by atoms with Gasteiger partial charge < -0.3 is 15.4 Å². The van der Waals surface area contributed by atoms with Crippen molar-refractivity contribution in [2.45, 2.75) is 25.4 Å². The van der Waals surface area contributed by atoms with E-state index in [1.54, 1.807) is 0 Å². The first-order chi connectivity index (χ1) is 8.02. The molecule has 1 aromatic rings. The third kappa shape index (κ3) is 2.51. The number of hydrogen-bond acceptors (Lipinski definition) is 4. The SMILES string of the molecule is CC1(C)COCCN1C(=O)C(N)c1cccs1. The average Bonchev–Trinajstić information content (AvgIpc) is 2.80. The van der Waals surface area contributed by atoms with E-state index in [-0.39, 0.29) is 11.4 Å². The number of morpholine rings is 1. The molecule has 1 aromatic heterocycles. The van der Waals surface area contributed by atoms with Crippen LogP contribution in [0.2, 0.25) is 0 Å². The van der Waals surface area contributed by atoms with E-state index < -0.39 is 6.04 Å². The average molecular weight is 254 g/mol. The first-order valence-electron chi connectivity index (χ1n) is 5.70. The van der Waals surface area contributed by atoms with Gasteiger partial charge in [-0.3, -0.25) is 4.79 Å². The van der Waals surface area contributed by atoms with Gasteiger partial charge >= 0.3 is 0 Å². The maximum Gasteiger partial charge on any atom is 0.245 e. The Bertz CT molecular complexity index is 389. The van der Waals surface area contributed by atoms with Gasteiger partial charge in [-0.25, -0.2) is 0 Å². The van der Waals surface area contributed by atoms with Gasteiger partial charge in [0.2, 0.25) is 5.91 Å². The highest BCUT2D eigenvalue weighted by Crippen LogP contribution is 2.25. The molecule has 17 heavy (non-hydrogen) atoms. The number of nitrogens with zero attached hydrogens (tertiary/aromatic N) is 1. The standard InChI is InChI=1S/C12H18N2O2S/c1-12(2)8-16-6-5-14(12)11(15)10(13)9-4-3-7-17-9/h3-4,7,10H,5-6,8,13H2,1-2H3. The summed E-state index contributed by atoms with van der Waals surface area (Å²) in [7, 11) is 0. The zero-order valence-corrected chi connectivity index (χ0v) is 11.0. The molecule has 1 aliphatic heterocycles. The van der Waals surface area contributed by atoms with Gasteiger partial charge in [0.05, 0.1) is 18.8 Å². The molecule has 0 radical (unpaired) electrons. The predicted octanol–water partition coefficient (Wildman–Crippen LogP) is 1.39. The van der Waals surface area contributed by atoms with Crippen LogP contribution < -0.4 is 5.73 Å². The maximum absolute atomic E-state index is 12.4. The van der Waals surface area contributed by atoms with E-state index in [4.69, 9.17) is 10.5 Å². The van der Waals surface area contributed by atoms with Crippen molar-refractivity contribution in [3.05, 3.63) is 22.4 Å². The van der Waals surface area contributed by atoms with Crippen LogP contribution in [-0.4, -0.2) is 36.1 Å². The monoisotopic (exact) mass is 254 g/mol. The van der Waals surface area contributed by atoms with Gasteiger partial charge in [-0.05, 0) is 25.3 Å². The molecule has 94 valence electrons. The molecule has 0 saturated carbocycles. The van der Waals surface area contributed by atoms with Crippen LogP contribution in [0.4, 0.5) is 0 Å². The molecule has 1 fully saturated rings. The molecule has 0 aliphatic carbocycles.